The van der Waals surface area contributed by atoms with Crippen molar-refractivity contribution >= 4 is 11.3 Å². The first-order valence-corrected chi connectivity index (χ1v) is 7.50. The van der Waals surface area contributed by atoms with Gasteiger partial charge in [0, 0.05) is 50.3 Å². The Morgan fingerprint density at radius 3 is 2.89 bits per heavy atom. The van der Waals surface area contributed by atoms with E-state index in [9.17, 15) is 0 Å². The van der Waals surface area contributed by atoms with Crippen LogP contribution < -0.4 is 5.32 Å². The van der Waals surface area contributed by atoms with Gasteiger partial charge in [-0.3, -0.25) is 0 Å². The average molecular weight is 270 g/mol. The number of rotatable bonds is 6. The van der Waals surface area contributed by atoms with Gasteiger partial charge in [-0.15, -0.1) is 11.3 Å². The average Bonchev–Trinajstić information content (AvgIpc) is 2.87. The highest BCUT2D eigenvalue weighted by Gasteiger charge is 2.37. The number of ether oxygens (including phenoxy) is 2. The van der Waals surface area contributed by atoms with Crippen LogP contribution in [0.15, 0.2) is 6.20 Å². The lowest BCUT2D eigenvalue weighted by Gasteiger charge is -2.35. The summed E-state index contributed by atoms with van der Waals surface area (Å²) in [4.78, 5) is 5.86. The van der Waals surface area contributed by atoms with E-state index in [1.54, 1.807) is 11.3 Å². The number of nitrogens with zero attached hydrogens (tertiary/aromatic N) is 1. The Bertz CT molecular complexity index is 356. The summed E-state index contributed by atoms with van der Waals surface area (Å²) >= 11 is 1.76. The zero-order chi connectivity index (χ0) is 12.8. The van der Waals surface area contributed by atoms with E-state index in [4.69, 9.17) is 9.47 Å². The minimum absolute atomic E-state index is 0.206. The fourth-order valence-electron chi connectivity index (χ4n) is 2.25. The van der Waals surface area contributed by atoms with Crippen LogP contribution in [0.25, 0.3) is 0 Å². The summed E-state index contributed by atoms with van der Waals surface area (Å²) in [6.45, 7) is 8.30. The van der Waals surface area contributed by atoms with E-state index in [1.165, 1.54) is 4.88 Å². The largest absolute Gasteiger partial charge is 0.381 e. The maximum absolute atomic E-state index is 6.02. The van der Waals surface area contributed by atoms with Gasteiger partial charge >= 0.3 is 0 Å². The lowest BCUT2D eigenvalue weighted by atomic mass is 9.95. The number of nitrogens with one attached hydrogen (secondary N) is 1. The summed E-state index contributed by atoms with van der Waals surface area (Å²) in [5.74, 6) is 0. The first kappa shape index (κ1) is 13.9. The molecule has 0 spiro atoms. The van der Waals surface area contributed by atoms with Gasteiger partial charge in [-0.05, 0) is 13.5 Å². The zero-order valence-electron chi connectivity index (χ0n) is 11.2. The van der Waals surface area contributed by atoms with Crippen molar-refractivity contribution in [1.82, 2.24) is 10.3 Å². The fraction of sp³-hybridized carbons (Fsp3) is 0.769. The van der Waals surface area contributed by atoms with Gasteiger partial charge < -0.3 is 14.8 Å². The highest BCUT2D eigenvalue weighted by molar-refractivity contribution is 7.11. The van der Waals surface area contributed by atoms with Crippen LogP contribution in [0.5, 0.6) is 0 Å². The van der Waals surface area contributed by atoms with Crippen LogP contribution in [0, 0.1) is 0 Å². The molecule has 0 saturated carbocycles. The van der Waals surface area contributed by atoms with Crippen LogP contribution in [0.4, 0.5) is 0 Å². The molecule has 0 amide bonds. The van der Waals surface area contributed by atoms with Crippen molar-refractivity contribution in [1.29, 1.82) is 0 Å². The van der Waals surface area contributed by atoms with Gasteiger partial charge in [0.25, 0.3) is 0 Å². The fourth-order valence-corrected chi connectivity index (χ4v) is 3.33. The second kappa shape index (κ2) is 6.61. The maximum atomic E-state index is 6.02. The Kier molecular flexibility index (Phi) is 5.12. The molecule has 1 saturated heterocycles. The highest BCUT2D eigenvalue weighted by Crippen LogP contribution is 2.38. The summed E-state index contributed by atoms with van der Waals surface area (Å²) in [5, 5.41) is 4.44. The Morgan fingerprint density at radius 2 is 2.22 bits per heavy atom. The first-order chi connectivity index (χ1) is 8.80. The van der Waals surface area contributed by atoms with Crippen LogP contribution in [0.3, 0.4) is 0 Å². The van der Waals surface area contributed by atoms with Gasteiger partial charge in [-0.1, -0.05) is 6.92 Å². The molecule has 0 aromatic carbocycles. The van der Waals surface area contributed by atoms with E-state index in [1.807, 2.05) is 13.1 Å². The smallest absolute Gasteiger partial charge is 0.125 e. The topological polar surface area (TPSA) is 43.4 Å². The third kappa shape index (κ3) is 3.09. The summed E-state index contributed by atoms with van der Waals surface area (Å²) in [5.41, 5.74) is -0.206. The number of hydrogen-bond donors (Lipinski definition) is 1. The number of thiazole rings is 1. The Balaban J connectivity index is 2.12. The minimum Gasteiger partial charge on any atom is -0.381 e. The SMILES string of the molecule is CCNCc1cnc(C2(OCC)CCOCC2)s1. The van der Waals surface area contributed by atoms with Crippen molar-refractivity contribution in [3.8, 4) is 0 Å². The van der Waals surface area contributed by atoms with Gasteiger partial charge in [0.05, 0.1) is 0 Å². The molecule has 0 atom stereocenters. The molecule has 1 aliphatic heterocycles. The molecule has 2 rings (SSSR count). The normalized spacial score (nSPS) is 19.0. The second-order valence-electron chi connectivity index (χ2n) is 4.45. The first-order valence-electron chi connectivity index (χ1n) is 6.68. The summed E-state index contributed by atoms with van der Waals surface area (Å²) in [6, 6.07) is 0. The van der Waals surface area contributed by atoms with Gasteiger partial charge in [0.2, 0.25) is 0 Å². The number of hydrogen-bond acceptors (Lipinski definition) is 5. The molecule has 0 radical (unpaired) electrons. The van der Waals surface area contributed by atoms with Crippen molar-refractivity contribution in [2.75, 3.05) is 26.4 Å². The molecule has 0 bridgehead atoms. The molecule has 18 heavy (non-hydrogen) atoms. The van der Waals surface area contributed by atoms with Crippen molar-refractivity contribution in [2.24, 2.45) is 0 Å². The molecule has 1 fully saturated rings. The van der Waals surface area contributed by atoms with Crippen LogP contribution in [0.2, 0.25) is 0 Å². The van der Waals surface area contributed by atoms with Crippen LogP contribution in [-0.2, 0) is 21.6 Å². The summed E-state index contributed by atoms with van der Waals surface area (Å²) < 4.78 is 11.5. The van der Waals surface area contributed by atoms with Crippen LogP contribution in [0.1, 0.15) is 36.6 Å². The molecule has 102 valence electrons. The van der Waals surface area contributed by atoms with E-state index in [-0.39, 0.29) is 5.60 Å². The van der Waals surface area contributed by atoms with Gasteiger partial charge in [-0.25, -0.2) is 4.98 Å². The van der Waals surface area contributed by atoms with E-state index in [0.29, 0.717) is 0 Å². The third-order valence-corrected chi connectivity index (χ3v) is 4.40. The third-order valence-electron chi connectivity index (χ3n) is 3.21. The predicted molar refractivity (Wildman–Crippen MR) is 72.9 cm³/mol. The molecule has 5 heteroatoms. The quantitative estimate of drug-likeness (QED) is 0.861. The van der Waals surface area contributed by atoms with Gasteiger partial charge in [-0.2, -0.15) is 0 Å². The minimum atomic E-state index is -0.206. The van der Waals surface area contributed by atoms with Crippen molar-refractivity contribution in [3.63, 3.8) is 0 Å². The molecular formula is C13H22N2O2S. The molecule has 1 N–H and O–H groups in total. The van der Waals surface area contributed by atoms with Crippen LogP contribution >= 0.6 is 11.3 Å². The Hall–Kier alpha value is -0.490. The molecule has 1 aromatic rings. The van der Waals surface area contributed by atoms with Crippen molar-refractivity contribution in [3.05, 3.63) is 16.1 Å². The van der Waals surface area contributed by atoms with Gasteiger partial charge in [0.15, 0.2) is 0 Å². The van der Waals surface area contributed by atoms with E-state index in [2.05, 4.69) is 17.2 Å². The highest BCUT2D eigenvalue weighted by atomic mass is 32.1. The molecule has 4 nitrogen and oxygen atoms in total. The Labute approximate surface area is 113 Å². The molecule has 0 unspecified atom stereocenters. The molecule has 0 aliphatic carbocycles. The molecule has 1 aromatic heterocycles. The lowest BCUT2D eigenvalue weighted by Crippen LogP contribution is -2.36. The van der Waals surface area contributed by atoms with E-state index >= 15 is 0 Å². The lowest BCUT2D eigenvalue weighted by molar-refractivity contribution is -0.112. The van der Waals surface area contributed by atoms with Crippen LogP contribution in [-0.4, -0.2) is 31.3 Å². The predicted octanol–water partition coefficient (Wildman–Crippen LogP) is 2.29. The monoisotopic (exact) mass is 270 g/mol. The number of aromatic nitrogens is 1. The maximum Gasteiger partial charge on any atom is 0.125 e. The van der Waals surface area contributed by atoms with Gasteiger partial charge in [0.1, 0.15) is 10.6 Å². The molecule has 1 aliphatic rings. The summed E-state index contributed by atoms with van der Waals surface area (Å²) in [7, 11) is 0. The van der Waals surface area contributed by atoms with Crippen molar-refractivity contribution < 1.29 is 9.47 Å². The van der Waals surface area contributed by atoms with Crippen molar-refractivity contribution in [2.45, 2.75) is 38.8 Å². The van der Waals surface area contributed by atoms with E-state index in [0.717, 1.165) is 50.8 Å². The van der Waals surface area contributed by atoms with E-state index < -0.39 is 0 Å². The molecular weight excluding hydrogens is 248 g/mol. The second-order valence-corrected chi connectivity index (χ2v) is 5.57. The molecule has 2 heterocycles. The Morgan fingerprint density at radius 1 is 1.44 bits per heavy atom. The zero-order valence-corrected chi connectivity index (χ0v) is 12.0. The summed E-state index contributed by atoms with van der Waals surface area (Å²) in [6.07, 6.45) is 3.79. The standard InChI is InChI=1S/C13H22N2O2S/c1-3-14-9-11-10-15-12(18-11)13(17-4-2)5-7-16-8-6-13/h10,14H,3-9H2,1-2H3.